The van der Waals surface area contributed by atoms with Gasteiger partial charge in [-0.3, -0.25) is 5.32 Å². The number of hydrogen-bond acceptors (Lipinski definition) is 5. The van der Waals surface area contributed by atoms with Crippen molar-refractivity contribution >= 4 is 17.7 Å². The van der Waals surface area contributed by atoms with Crippen molar-refractivity contribution in [1.29, 1.82) is 0 Å². The number of aromatic carboxylic acids is 1. The van der Waals surface area contributed by atoms with E-state index in [2.05, 4.69) is 29.6 Å². The molecule has 1 aliphatic carbocycles. The number of hydrogen-bond donors (Lipinski definition) is 2. The van der Waals surface area contributed by atoms with Crippen molar-refractivity contribution in [3.63, 3.8) is 0 Å². The average molecular weight is 469 g/mol. The van der Waals surface area contributed by atoms with Gasteiger partial charge in [0.2, 0.25) is 5.76 Å². The minimum Gasteiger partial charge on any atom is -0.483 e. The van der Waals surface area contributed by atoms with E-state index >= 15 is 0 Å². The number of carboxylic acid groups (broad SMARTS) is 1. The lowest BCUT2D eigenvalue weighted by Gasteiger charge is -2.16. The number of aryl methyl sites for hydroxylation is 1. The van der Waals surface area contributed by atoms with Gasteiger partial charge in [-0.15, -0.1) is 0 Å². The molecule has 0 unspecified atom stereocenters. The van der Waals surface area contributed by atoms with E-state index in [0.717, 1.165) is 27.8 Å². The summed E-state index contributed by atoms with van der Waals surface area (Å²) in [6.07, 6.45) is -0.589. The van der Waals surface area contributed by atoms with Crippen molar-refractivity contribution in [3.8, 4) is 16.9 Å². The number of fused-ring (bicyclic) bond motifs is 3. The van der Waals surface area contributed by atoms with Gasteiger partial charge in [0.25, 0.3) is 0 Å². The molecule has 5 rings (SSSR count). The molecule has 3 aromatic carbocycles. The summed E-state index contributed by atoms with van der Waals surface area (Å²) >= 11 is 0. The van der Waals surface area contributed by atoms with Gasteiger partial charge in [-0.2, -0.15) is 0 Å². The Morgan fingerprint density at radius 3 is 2.29 bits per heavy atom. The molecule has 1 heterocycles. The normalized spacial score (nSPS) is 12.0. The summed E-state index contributed by atoms with van der Waals surface area (Å²) in [5.74, 6) is -0.579. The zero-order valence-electron chi connectivity index (χ0n) is 19.0. The van der Waals surface area contributed by atoms with Gasteiger partial charge in [0.05, 0.1) is 5.69 Å². The summed E-state index contributed by atoms with van der Waals surface area (Å²) in [6, 6.07) is 24.6. The van der Waals surface area contributed by atoms with Crippen LogP contribution in [0, 0.1) is 6.92 Å². The van der Waals surface area contributed by atoms with Crippen molar-refractivity contribution in [2.45, 2.75) is 19.4 Å². The van der Waals surface area contributed by atoms with Crippen LogP contribution in [0.5, 0.6) is 5.75 Å². The number of carboxylic acids is 1. The van der Waals surface area contributed by atoms with E-state index in [1.54, 1.807) is 12.1 Å². The van der Waals surface area contributed by atoms with Crippen LogP contribution in [-0.2, 0) is 11.3 Å². The van der Waals surface area contributed by atoms with Crippen LogP contribution in [0.25, 0.3) is 11.1 Å². The van der Waals surface area contributed by atoms with Gasteiger partial charge in [0.1, 0.15) is 24.7 Å². The molecule has 35 heavy (non-hydrogen) atoms. The molecule has 1 amide bonds. The molecular weight excluding hydrogens is 446 g/mol. The molecule has 4 aromatic rings. The Kier molecular flexibility index (Phi) is 5.97. The standard InChI is InChI=1S/C28H23NO6/c1-17-10-12-25(33-15-18-11-13-26(35-18)27(30)31)24(14-17)29-28(32)34-16-23-21-8-4-2-6-19(21)20-7-3-5-9-22(20)23/h2-14,23H,15-16H2,1H3,(H,29,32)(H,30,31). The van der Waals surface area contributed by atoms with Gasteiger partial charge >= 0.3 is 12.1 Å². The third kappa shape index (κ3) is 4.61. The lowest BCUT2D eigenvalue weighted by atomic mass is 9.98. The van der Waals surface area contributed by atoms with Crippen molar-refractivity contribution in [2.24, 2.45) is 0 Å². The molecule has 7 heteroatoms. The van der Waals surface area contributed by atoms with Crippen molar-refractivity contribution in [2.75, 3.05) is 11.9 Å². The maximum absolute atomic E-state index is 12.7. The summed E-state index contributed by atoms with van der Waals surface area (Å²) in [5.41, 5.74) is 5.98. The molecular formula is C28H23NO6. The van der Waals surface area contributed by atoms with Gasteiger partial charge in [0, 0.05) is 5.92 Å². The number of nitrogens with one attached hydrogen (secondary N) is 1. The molecule has 1 aromatic heterocycles. The first-order valence-electron chi connectivity index (χ1n) is 11.2. The fourth-order valence-electron chi connectivity index (χ4n) is 4.33. The highest BCUT2D eigenvalue weighted by Crippen LogP contribution is 2.44. The summed E-state index contributed by atoms with van der Waals surface area (Å²) in [6.45, 7) is 2.11. The topological polar surface area (TPSA) is 98.0 Å². The van der Waals surface area contributed by atoms with Gasteiger partial charge < -0.3 is 19.0 Å². The largest absolute Gasteiger partial charge is 0.483 e. The third-order valence-corrected chi connectivity index (χ3v) is 5.96. The monoisotopic (exact) mass is 469 g/mol. The van der Waals surface area contributed by atoms with E-state index in [4.69, 9.17) is 19.0 Å². The van der Waals surface area contributed by atoms with E-state index in [-0.39, 0.29) is 24.9 Å². The number of benzene rings is 3. The molecule has 1 aliphatic rings. The van der Waals surface area contributed by atoms with Gasteiger partial charge in [-0.25, -0.2) is 9.59 Å². The Hall–Kier alpha value is -4.52. The molecule has 0 saturated heterocycles. The Morgan fingerprint density at radius 1 is 0.943 bits per heavy atom. The number of amides is 1. The number of carbonyl (C=O) groups excluding carboxylic acids is 1. The van der Waals surface area contributed by atoms with Crippen LogP contribution in [0.4, 0.5) is 10.5 Å². The van der Waals surface area contributed by atoms with E-state index in [1.165, 1.54) is 12.1 Å². The van der Waals surface area contributed by atoms with Gasteiger partial charge in [-0.1, -0.05) is 54.6 Å². The smallest absolute Gasteiger partial charge is 0.411 e. The van der Waals surface area contributed by atoms with Crippen molar-refractivity contribution in [3.05, 3.63) is 107 Å². The van der Waals surface area contributed by atoms with Crippen molar-refractivity contribution in [1.82, 2.24) is 0 Å². The Labute approximate surface area is 201 Å². The quantitative estimate of drug-likeness (QED) is 0.333. The lowest BCUT2D eigenvalue weighted by molar-refractivity contribution is 0.0658. The minimum absolute atomic E-state index is 0.00963. The van der Waals surface area contributed by atoms with Crippen LogP contribution in [0.2, 0.25) is 0 Å². The maximum atomic E-state index is 12.7. The van der Waals surface area contributed by atoms with Gasteiger partial charge in [-0.05, 0) is 59.0 Å². The maximum Gasteiger partial charge on any atom is 0.411 e. The van der Waals surface area contributed by atoms with E-state index < -0.39 is 12.1 Å². The fourth-order valence-corrected chi connectivity index (χ4v) is 4.33. The fraction of sp³-hybridized carbons (Fsp3) is 0.143. The second-order valence-electron chi connectivity index (χ2n) is 8.31. The van der Waals surface area contributed by atoms with Crippen LogP contribution >= 0.6 is 0 Å². The molecule has 176 valence electrons. The second kappa shape index (κ2) is 9.38. The van der Waals surface area contributed by atoms with E-state index in [0.29, 0.717) is 17.2 Å². The van der Waals surface area contributed by atoms with Crippen LogP contribution in [-0.4, -0.2) is 23.8 Å². The highest BCUT2D eigenvalue weighted by molar-refractivity contribution is 5.87. The van der Waals surface area contributed by atoms with Gasteiger partial charge in [0.15, 0.2) is 0 Å². The molecule has 0 radical (unpaired) electrons. The SMILES string of the molecule is Cc1ccc(OCc2ccc(C(=O)O)o2)c(NC(=O)OCC2c3ccccc3-c3ccccc32)c1. The van der Waals surface area contributed by atoms with E-state index in [1.807, 2.05) is 37.3 Å². The molecule has 2 N–H and O–H groups in total. The zero-order chi connectivity index (χ0) is 24.4. The molecule has 0 spiro atoms. The molecule has 0 atom stereocenters. The Morgan fingerprint density at radius 2 is 1.63 bits per heavy atom. The predicted molar refractivity (Wildman–Crippen MR) is 130 cm³/mol. The third-order valence-electron chi connectivity index (χ3n) is 5.96. The molecule has 0 saturated carbocycles. The van der Waals surface area contributed by atoms with Crippen molar-refractivity contribution < 1.29 is 28.6 Å². The molecule has 0 bridgehead atoms. The van der Waals surface area contributed by atoms with Crippen LogP contribution in [0.15, 0.2) is 83.3 Å². The second-order valence-corrected chi connectivity index (χ2v) is 8.31. The number of anilines is 1. The van der Waals surface area contributed by atoms with Crippen LogP contribution in [0.1, 0.15) is 38.9 Å². The Balaban J connectivity index is 1.26. The van der Waals surface area contributed by atoms with Crippen LogP contribution < -0.4 is 10.1 Å². The lowest BCUT2D eigenvalue weighted by Crippen LogP contribution is -2.18. The summed E-state index contributed by atoms with van der Waals surface area (Å²) < 4.78 is 16.7. The predicted octanol–water partition coefficient (Wildman–Crippen LogP) is 6.23. The summed E-state index contributed by atoms with van der Waals surface area (Å²) in [7, 11) is 0. The number of ether oxygens (including phenoxy) is 2. The summed E-state index contributed by atoms with van der Waals surface area (Å²) in [5, 5.41) is 11.8. The first kappa shape index (κ1) is 22.3. The van der Waals surface area contributed by atoms with E-state index in [9.17, 15) is 9.59 Å². The summed E-state index contributed by atoms with van der Waals surface area (Å²) in [4.78, 5) is 23.7. The highest BCUT2D eigenvalue weighted by atomic mass is 16.5. The average Bonchev–Trinajstić information content (AvgIpc) is 3.46. The number of rotatable bonds is 7. The number of furan rings is 1. The first-order chi connectivity index (χ1) is 17.0. The minimum atomic E-state index is -1.15. The van der Waals surface area contributed by atoms with Crippen LogP contribution in [0.3, 0.4) is 0 Å². The molecule has 0 aliphatic heterocycles. The molecule has 7 nitrogen and oxygen atoms in total. The number of carbonyl (C=O) groups is 2. The molecule has 0 fully saturated rings. The first-order valence-corrected chi connectivity index (χ1v) is 11.2. The zero-order valence-corrected chi connectivity index (χ0v) is 19.0. The Bertz CT molecular complexity index is 1360. The highest BCUT2D eigenvalue weighted by Gasteiger charge is 2.29.